The topological polar surface area (TPSA) is 70.9 Å². The molecule has 0 aliphatic carbocycles. The molecule has 1 aliphatic heterocycles. The van der Waals surface area contributed by atoms with Crippen molar-refractivity contribution >= 4 is 12.1 Å². The molecule has 15 heavy (non-hydrogen) atoms. The van der Waals surface area contributed by atoms with E-state index in [9.17, 15) is 4.79 Å². The molecule has 1 amide bonds. The number of hydrogen-bond donors (Lipinski definition) is 2. The van der Waals surface area contributed by atoms with Crippen molar-refractivity contribution in [1.82, 2.24) is 5.32 Å². The minimum Gasteiger partial charge on any atom is -0.470 e. The third-order valence-electron chi connectivity index (χ3n) is 2.13. The van der Waals surface area contributed by atoms with Crippen molar-refractivity contribution in [3.8, 4) is 5.75 Å². The van der Waals surface area contributed by atoms with Crippen molar-refractivity contribution in [2.45, 2.75) is 12.6 Å². The zero-order chi connectivity index (χ0) is 10.7. The van der Waals surface area contributed by atoms with Gasteiger partial charge in [0.1, 0.15) is 12.0 Å². The molecule has 0 fully saturated rings. The molecule has 1 atom stereocenters. The monoisotopic (exact) mass is 206 g/mol. The summed E-state index contributed by atoms with van der Waals surface area (Å²) in [6, 6.07) is 7.59. The number of carbonyl (C=O) groups excluding carboxylic acids is 1. The van der Waals surface area contributed by atoms with Crippen LogP contribution in [0, 0.1) is 0 Å². The molecule has 0 saturated heterocycles. The molecule has 0 radical (unpaired) electrons. The summed E-state index contributed by atoms with van der Waals surface area (Å²) in [6.07, 6.45) is 1.04. The van der Waals surface area contributed by atoms with E-state index in [0.29, 0.717) is 6.42 Å². The van der Waals surface area contributed by atoms with E-state index in [1.807, 2.05) is 24.3 Å². The lowest BCUT2D eigenvalue weighted by atomic mass is 10.1. The van der Waals surface area contributed by atoms with Crippen LogP contribution in [-0.4, -0.2) is 23.6 Å². The molecule has 1 aliphatic rings. The first-order valence-corrected chi connectivity index (χ1v) is 4.52. The lowest BCUT2D eigenvalue weighted by Gasteiger charge is -2.10. The van der Waals surface area contributed by atoms with Gasteiger partial charge in [-0.15, -0.1) is 0 Å². The summed E-state index contributed by atoms with van der Waals surface area (Å²) >= 11 is 0. The van der Waals surface area contributed by atoms with E-state index in [0.717, 1.165) is 17.5 Å². The van der Waals surface area contributed by atoms with Crippen LogP contribution in [0.5, 0.6) is 5.75 Å². The molecule has 2 N–H and O–H groups in total. The van der Waals surface area contributed by atoms with Gasteiger partial charge in [-0.3, -0.25) is 4.79 Å². The molecule has 1 aromatic rings. The highest BCUT2D eigenvalue weighted by Gasteiger charge is 2.22. The molecule has 0 bridgehead atoms. The molecule has 0 aromatic heterocycles. The normalized spacial score (nSPS) is 18.5. The van der Waals surface area contributed by atoms with Crippen LogP contribution >= 0.6 is 0 Å². The molecule has 5 heteroatoms. The number of amides is 1. The number of hydrogen-bond acceptors (Lipinski definition) is 4. The van der Waals surface area contributed by atoms with E-state index in [-0.39, 0.29) is 6.23 Å². The van der Waals surface area contributed by atoms with Crippen molar-refractivity contribution in [1.29, 1.82) is 0 Å². The number of ether oxygens (including phenoxy) is 1. The fraction of sp³-hybridized carbons (Fsp3) is 0.200. The molecule has 0 spiro atoms. The number of carbonyl (C=O) groups is 1. The van der Waals surface area contributed by atoms with Gasteiger partial charge in [-0.05, 0) is 11.6 Å². The predicted octanol–water partition coefficient (Wildman–Crippen LogP) is 0.524. The quantitative estimate of drug-likeness (QED) is 0.421. The number of oxime groups is 1. The molecular formula is C10H10N2O3. The minimum absolute atomic E-state index is 0.382. The van der Waals surface area contributed by atoms with Gasteiger partial charge < -0.3 is 15.3 Å². The maximum atomic E-state index is 11.0. The number of nitrogens with zero attached hydrogens (tertiary/aromatic N) is 1. The van der Waals surface area contributed by atoms with Crippen LogP contribution in [-0.2, 0) is 11.2 Å². The maximum Gasteiger partial charge on any atom is 0.268 e. The van der Waals surface area contributed by atoms with E-state index in [2.05, 4.69) is 10.5 Å². The Labute approximate surface area is 86.4 Å². The Bertz CT molecular complexity index is 378. The Kier molecular flexibility index (Phi) is 2.53. The van der Waals surface area contributed by atoms with Crippen LogP contribution in [0.3, 0.4) is 0 Å². The molecule has 1 unspecified atom stereocenters. The first kappa shape index (κ1) is 9.51. The molecular weight excluding hydrogens is 196 g/mol. The molecule has 2 rings (SSSR count). The van der Waals surface area contributed by atoms with Gasteiger partial charge in [0.25, 0.3) is 5.91 Å². The van der Waals surface area contributed by atoms with Gasteiger partial charge in [0, 0.05) is 6.42 Å². The van der Waals surface area contributed by atoms with E-state index in [1.54, 1.807) is 0 Å². The van der Waals surface area contributed by atoms with Gasteiger partial charge in [-0.25, -0.2) is 0 Å². The van der Waals surface area contributed by atoms with Crippen molar-refractivity contribution < 1.29 is 14.7 Å². The van der Waals surface area contributed by atoms with Crippen molar-refractivity contribution in [2.24, 2.45) is 5.16 Å². The van der Waals surface area contributed by atoms with Crippen molar-refractivity contribution in [3.05, 3.63) is 29.8 Å². The van der Waals surface area contributed by atoms with E-state index < -0.39 is 5.91 Å². The van der Waals surface area contributed by atoms with Crippen LogP contribution < -0.4 is 10.1 Å². The van der Waals surface area contributed by atoms with Crippen LogP contribution in [0.1, 0.15) is 5.56 Å². The summed E-state index contributed by atoms with van der Waals surface area (Å²) in [5, 5.41) is 13.3. The smallest absolute Gasteiger partial charge is 0.268 e. The second kappa shape index (κ2) is 4.00. The first-order valence-electron chi connectivity index (χ1n) is 4.52. The molecule has 1 aromatic carbocycles. The Morgan fingerprint density at radius 1 is 1.60 bits per heavy atom. The number of benzene rings is 1. The SMILES string of the molecule is O=C(/C=N/O)NC1Cc2ccccc2O1. The van der Waals surface area contributed by atoms with Crippen molar-refractivity contribution in [3.63, 3.8) is 0 Å². The highest BCUT2D eigenvalue weighted by atomic mass is 16.5. The maximum absolute atomic E-state index is 11.0. The fourth-order valence-electron chi connectivity index (χ4n) is 1.51. The largest absolute Gasteiger partial charge is 0.470 e. The Balaban J connectivity index is 1.99. The van der Waals surface area contributed by atoms with Gasteiger partial charge >= 0.3 is 0 Å². The third kappa shape index (κ3) is 2.07. The van der Waals surface area contributed by atoms with Crippen LogP contribution in [0.15, 0.2) is 29.4 Å². The predicted molar refractivity (Wildman–Crippen MR) is 53.0 cm³/mol. The fourth-order valence-corrected chi connectivity index (χ4v) is 1.51. The number of fused-ring (bicyclic) bond motifs is 1. The third-order valence-corrected chi connectivity index (χ3v) is 2.13. The Hall–Kier alpha value is -2.04. The second-order valence-corrected chi connectivity index (χ2v) is 3.17. The van der Waals surface area contributed by atoms with Crippen molar-refractivity contribution in [2.75, 3.05) is 0 Å². The number of para-hydroxylation sites is 1. The van der Waals surface area contributed by atoms with Crippen LogP contribution in [0.25, 0.3) is 0 Å². The zero-order valence-electron chi connectivity index (χ0n) is 7.88. The minimum atomic E-state index is -0.477. The molecule has 5 nitrogen and oxygen atoms in total. The van der Waals surface area contributed by atoms with Gasteiger partial charge in [0.05, 0.1) is 0 Å². The average Bonchev–Trinajstić information content (AvgIpc) is 2.59. The highest BCUT2D eigenvalue weighted by molar-refractivity contribution is 6.26. The first-order chi connectivity index (χ1) is 7.29. The number of nitrogens with one attached hydrogen (secondary N) is 1. The molecule has 0 saturated carbocycles. The summed E-state index contributed by atoms with van der Waals surface area (Å²) in [5.41, 5.74) is 1.06. The Morgan fingerprint density at radius 2 is 2.40 bits per heavy atom. The molecule has 78 valence electrons. The zero-order valence-corrected chi connectivity index (χ0v) is 7.88. The lowest BCUT2D eigenvalue weighted by Crippen LogP contribution is -2.38. The summed E-state index contributed by atoms with van der Waals surface area (Å²) in [5.74, 6) is 0.305. The summed E-state index contributed by atoms with van der Waals surface area (Å²) in [4.78, 5) is 11.0. The molecule has 1 heterocycles. The lowest BCUT2D eigenvalue weighted by molar-refractivity contribution is -0.116. The van der Waals surface area contributed by atoms with Gasteiger partial charge in [0.2, 0.25) is 0 Å². The van der Waals surface area contributed by atoms with Crippen LogP contribution in [0.2, 0.25) is 0 Å². The Morgan fingerprint density at radius 3 is 3.13 bits per heavy atom. The highest BCUT2D eigenvalue weighted by Crippen LogP contribution is 2.26. The standard InChI is InChI=1S/C10H10N2O3/c13-9(6-11-14)12-10-5-7-3-1-2-4-8(7)15-10/h1-4,6,10,14H,5H2,(H,12,13)/b11-6+. The average molecular weight is 206 g/mol. The number of rotatable bonds is 2. The van der Waals surface area contributed by atoms with E-state index >= 15 is 0 Å². The summed E-state index contributed by atoms with van der Waals surface area (Å²) in [6.45, 7) is 0. The summed E-state index contributed by atoms with van der Waals surface area (Å²) in [7, 11) is 0. The van der Waals surface area contributed by atoms with E-state index in [4.69, 9.17) is 9.94 Å². The second-order valence-electron chi connectivity index (χ2n) is 3.17. The van der Waals surface area contributed by atoms with Gasteiger partial charge in [-0.2, -0.15) is 0 Å². The van der Waals surface area contributed by atoms with Crippen LogP contribution in [0.4, 0.5) is 0 Å². The van der Waals surface area contributed by atoms with Gasteiger partial charge in [-0.1, -0.05) is 23.4 Å². The van der Waals surface area contributed by atoms with Gasteiger partial charge in [0.15, 0.2) is 6.23 Å². The summed E-state index contributed by atoms with van der Waals surface area (Å²) < 4.78 is 5.45. The van der Waals surface area contributed by atoms with E-state index in [1.165, 1.54) is 0 Å².